The van der Waals surface area contributed by atoms with Gasteiger partial charge in [0, 0.05) is 11.8 Å². The van der Waals surface area contributed by atoms with E-state index in [2.05, 4.69) is 52.9 Å². The molecule has 0 bridgehead atoms. The summed E-state index contributed by atoms with van der Waals surface area (Å²) >= 11 is 10.1. The average molecular weight is 466 g/mol. The Kier molecular flexibility index (Phi) is 5.22. The lowest BCUT2D eigenvalue weighted by Crippen LogP contribution is -2.36. The van der Waals surface area contributed by atoms with Crippen molar-refractivity contribution < 1.29 is 9.53 Å². The molecule has 1 amide bonds. The van der Waals surface area contributed by atoms with Crippen LogP contribution in [-0.2, 0) is 14.9 Å². The maximum atomic E-state index is 13.3. The minimum absolute atomic E-state index is 0.108. The number of carbonyl (C=O) groups is 1. The summed E-state index contributed by atoms with van der Waals surface area (Å²) in [5.74, 6) is 2.19. The molecule has 1 aromatic rings. The van der Waals surface area contributed by atoms with Crippen LogP contribution in [0.3, 0.4) is 0 Å². The number of anilines is 1. The normalized spacial score (nSPS) is 26.1. The van der Waals surface area contributed by atoms with Gasteiger partial charge in [0.25, 0.3) is 0 Å². The first-order chi connectivity index (χ1) is 12.0. The highest BCUT2D eigenvalue weighted by atomic mass is 79.9. The Morgan fingerprint density at radius 2 is 2.12 bits per heavy atom. The number of hydrogen-bond acceptors (Lipinski definition) is 3. The molecule has 2 atom stereocenters. The van der Waals surface area contributed by atoms with Crippen LogP contribution in [0.2, 0.25) is 5.02 Å². The zero-order valence-electron chi connectivity index (χ0n) is 16.3. The number of fused-ring (bicyclic) bond motifs is 2. The summed E-state index contributed by atoms with van der Waals surface area (Å²) in [7, 11) is -1.61. The second-order valence-electron chi connectivity index (χ2n) is 9.72. The van der Waals surface area contributed by atoms with Gasteiger partial charge in [-0.05, 0) is 65.5 Å². The third-order valence-electron chi connectivity index (χ3n) is 5.37. The fourth-order valence-electron chi connectivity index (χ4n) is 3.80. The number of rotatable bonds is 7. The van der Waals surface area contributed by atoms with Crippen LogP contribution in [0.1, 0.15) is 31.7 Å². The number of ether oxygens (including phenoxy) is 1. The largest absolute Gasteiger partial charge is 0.360 e. The van der Waals surface area contributed by atoms with Crippen molar-refractivity contribution in [1.29, 1.82) is 0 Å². The van der Waals surface area contributed by atoms with Gasteiger partial charge in [0.2, 0.25) is 5.91 Å². The molecule has 0 saturated heterocycles. The van der Waals surface area contributed by atoms with Crippen LogP contribution < -0.4 is 4.90 Å². The van der Waals surface area contributed by atoms with Gasteiger partial charge in [0.1, 0.15) is 12.5 Å². The van der Waals surface area contributed by atoms with E-state index in [1.165, 1.54) is 0 Å². The fraction of sp³-hybridized carbons (Fsp3) is 0.684. The van der Waals surface area contributed by atoms with Gasteiger partial charge >= 0.3 is 0 Å². The van der Waals surface area contributed by atoms with E-state index in [-0.39, 0.29) is 12.6 Å². The zero-order chi connectivity index (χ0) is 19.4. The fourth-order valence-corrected chi connectivity index (χ4v) is 5.26. The van der Waals surface area contributed by atoms with Gasteiger partial charge in [-0.3, -0.25) is 18.9 Å². The van der Waals surface area contributed by atoms with Crippen molar-refractivity contribution in [2.45, 2.75) is 31.6 Å². The standard InChI is InChI=1S/C19H30BrClN2O2S/c1-6-7-13-10-19(13)15-16(21)14(20)11-22-17(15)23(18(19)24)12-25-8-9-26(2,3,4)5/h11,13,26H,6-10,12H2,1-5H3. The van der Waals surface area contributed by atoms with E-state index in [1.807, 2.05) is 0 Å². The summed E-state index contributed by atoms with van der Waals surface area (Å²) in [4.78, 5) is 19.5. The molecule has 148 valence electrons. The van der Waals surface area contributed by atoms with Gasteiger partial charge in [0.15, 0.2) is 0 Å². The van der Waals surface area contributed by atoms with Gasteiger partial charge in [-0.15, -0.1) is 0 Å². The number of hydrogen-bond donors (Lipinski definition) is 1. The number of carbonyl (C=O) groups excluding carboxylic acids is 1. The van der Waals surface area contributed by atoms with Crippen LogP contribution in [0.5, 0.6) is 0 Å². The highest BCUT2D eigenvalue weighted by molar-refractivity contribution is 9.10. The summed E-state index contributed by atoms with van der Waals surface area (Å²) in [6, 6.07) is 0. The SMILES string of the molecule is CCCC1CC12C(=O)N(COCC[SH](C)(C)(C)C)c1ncc(Br)c(Cl)c12. The summed E-state index contributed by atoms with van der Waals surface area (Å²) in [5, 5.41) is 0.624. The van der Waals surface area contributed by atoms with Crippen molar-refractivity contribution in [2.24, 2.45) is 5.92 Å². The van der Waals surface area contributed by atoms with Gasteiger partial charge in [-0.2, -0.15) is 0 Å². The first kappa shape index (κ1) is 20.4. The zero-order valence-corrected chi connectivity index (χ0v) is 19.5. The molecule has 3 rings (SSSR count). The van der Waals surface area contributed by atoms with Gasteiger partial charge in [-0.1, -0.05) is 24.9 Å². The van der Waals surface area contributed by atoms with E-state index in [0.29, 0.717) is 23.4 Å². The number of nitrogens with zero attached hydrogens (tertiary/aromatic N) is 2. The molecule has 7 heteroatoms. The number of aromatic nitrogens is 1. The molecular formula is C19H30BrClN2O2S. The summed E-state index contributed by atoms with van der Waals surface area (Å²) in [5.41, 5.74) is 0.421. The minimum atomic E-state index is -1.61. The van der Waals surface area contributed by atoms with Crippen molar-refractivity contribution in [3.8, 4) is 0 Å². The molecule has 1 spiro atoms. The van der Waals surface area contributed by atoms with E-state index >= 15 is 0 Å². The Balaban J connectivity index is 1.81. The molecule has 2 heterocycles. The molecule has 0 aromatic carbocycles. The molecule has 0 N–H and O–H groups in total. The Morgan fingerprint density at radius 1 is 1.42 bits per heavy atom. The molecule has 1 aromatic heterocycles. The summed E-state index contributed by atoms with van der Waals surface area (Å²) < 4.78 is 6.67. The second kappa shape index (κ2) is 6.64. The van der Waals surface area contributed by atoms with Gasteiger partial charge < -0.3 is 4.74 Å². The Morgan fingerprint density at radius 3 is 2.73 bits per heavy atom. The predicted molar refractivity (Wildman–Crippen MR) is 117 cm³/mol. The van der Waals surface area contributed by atoms with E-state index in [1.54, 1.807) is 11.1 Å². The van der Waals surface area contributed by atoms with Crippen molar-refractivity contribution in [3.05, 3.63) is 21.3 Å². The van der Waals surface area contributed by atoms with Crippen LogP contribution in [0.25, 0.3) is 0 Å². The van der Waals surface area contributed by atoms with Gasteiger partial charge in [-0.25, -0.2) is 4.98 Å². The lowest BCUT2D eigenvalue weighted by molar-refractivity contribution is -0.121. The topological polar surface area (TPSA) is 42.4 Å². The minimum Gasteiger partial charge on any atom is -0.360 e. The predicted octanol–water partition coefficient (Wildman–Crippen LogP) is 4.47. The molecule has 1 aliphatic heterocycles. The Labute approximate surface area is 170 Å². The Hall–Kier alpha value is -0.300. The molecule has 0 radical (unpaired) electrons. The average Bonchev–Trinajstić information content (AvgIpc) is 3.17. The van der Waals surface area contributed by atoms with Gasteiger partial charge in [0.05, 0.1) is 21.5 Å². The smallest absolute Gasteiger partial charge is 0.241 e. The molecular weight excluding hydrogens is 436 g/mol. The summed E-state index contributed by atoms with van der Waals surface area (Å²) in [6.45, 7) is 3.07. The highest BCUT2D eigenvalue weighted by Crippen LogP contribution is 2.65. The third kappa shape index (κ3) is 3.67. The number of thiol groups is 1. The van der Waals surface area contributed by atoms with Crippen LogP contribution in [0.4, 0.5) is 5.82 Å². The monoisotopic (exact) mass is 464 g/mol. The second-order valence-corrected chi connectivity index (χ2v) is 19.3. The lowest BCUT2D eigenvalue weighted by Gasteiger charge is -2.46. The Bertz CT molecular complexity index is 740. The maximum absolute atomic E-state index is 13.3. The molecule has 1 aliphatic carbocycles. The van der Waals surface area contributed by atoms with E-state index < -0.39 is 14.6 Å². The van der Waals surface area contributed by atoms with E-state index in [4.69, 9.17) is 16.3 Å². The maximum Gasteiger partial charge on any atom is 0.241 e. The highest BCUT2D eigenvalue weighted by Gasteiger charge is 2.67. The summed E-state index contributed by atoms with van der Waals surface area (Å²) in [6.07, 6.45) is 14.0. The van der Waals surface area contributed by atoms with Crippen molar-refractivity contribution in [1.82, 2.24) is 4.98 Å². The van der Waals surface area contributed by atoms with E-state index in [0.717, 1.165) is 35.1 Å². The quantitative estimate of drug-likeness (QED) is 0.477. The number of amides is 1. The van der Waals surface area contributed by atoms with Crippen LogP contribution in [0.15, 0.2) is 10.7 Å². The van der Waals surface area contributed by atoms with Crippen LogP contribution in [0, 0.1) is 5.92 Å². The molecule has 2 unspecified atom stereocenters. The number of pyridine rings is 1. The molecule has 4 nitrogen and oxygen atoms in total. The third-order valence-corrected chi connectivity index (χ3v) is 8.57. The first-order valence-corrected chi connectivity index (χ1v) is 14.6. The molecule has 26 heavy (non-hydrogen) atoms. The van der Waals surface area contributed by atoms with Crippen LogP contribution >= 0.6 is 36.7 Å². The van der Waals surface area contributed by atoms with Crippen molar-refractivity contribution >= 4 is 48.4 Å². The molecule has 1 saturated carbocycles. The molecule has 2 aliphatic rings. The van der Waals surface area contributed by atoms with Crippen LogP contribution in [-0.4, -0.2) is 55.0 Å². The molecule has 1 fully saturated rings. The van der Waals surface area contributed by atoms with Crippen molar-refractivity contribution in [3.63, 3.8) is 0 Å². The first-order valence-electron chi connectivity index (χ1n) is 9.21. The van der Waals surface area contributed by atoms with Crippen molar-refractivity contribution in [2.75, 3.05) is 49.0 Å². The lowest BCUT2D eigenvalue weighted by atomic mass is 9.94. The number of halogens is 2. The van der Waals surface area contributed by atoms with E-state index in [9.17, 15) is 4.79 Å².